The molecule has 1 atom stereocenters. The van der Waals surface area contributed by atoms with Gasteiger partial charge in [-0.15, -0.1) is 0 Å². The van der Waals surface area contributed by atoms with Crippen molar-refractivity contribution in [3.63, 3.8) is 0 Å². The Kier molecular flexibility index (Phi) is 28.3. The molecule has 0 heterocycles. The summed E-state index contributed by atoms with van der Waals surface area (Å²) in [6, 6.07) is 0. The number of carbonyl (C=O) groups excluding carboxylic acids is 2. The van der Waals surface area contributed by atoms with Gasteiger partial charge in [0.05, 0.1) is 0 Å². The van der Waals surface area contributed by atoms with Gasteiger partial charge in [-0.05, 0) is 12.8 Å². The van der Waals surface area contributed by atoms with E-state index in [0.29, 0.717) is 18.6 Å². The van der Waals surface area contributed by atoms with Crippen LogP contribution in [-0.2, 0) is 19.1 Å². The quantitative estimate of drug-likeness (QED) is 0.0623. The van der Waals surface area contributed by atoms with E-state index in [4.69, 9.17) is 9.47 Å². The van der Waals surface area contributed by atoms with Crippen LogP contribution in [0.15, 0.2) is 0 Å². The van der Waals surface area contributed by atoms with Gasteiger partial charge in [0.15, 0.2) is 0 Å². The van der Waals surface area contributed by atoms with Crippen molar-refractivity contribution in [3.05, 3.63) is 0 Å². The minimum absolute atomic E-state index is 0.115. The van der Waals surface area contributed by atoms with Crippen molar-refractivity contribution >= 4 is 24.6 Å². The first-order valence-corrected chi connectivity index (χ1v) is 16.2. The van der Waals surface area contributed by atoms with Crippen molar-refractivity contribution in [2.24, 2.45) is 0 Å². The van der Waals surface area contributed by atoms with Gasteiger partial charge in [-0.3, -0.25) is 9.59 Å². The Labute approximate surface area is 229 Å². The Bertz CT molecular complexity index is 483. The molecule has 214 valence electrons. The minimum atomic E-state index is -0.449. The number of esters is 2. The summed E-state index contributed by atoms with van der Waals surface area (Å²) in [4.78, 5) is 24.1. The van der Waals surface area contributed by atoms with Gasteiger partial charge in [-0.2, -0.15) is 12.6 Å². The van der Waals surface area contributed by atoms with E-state index in [9.17, 15) is 9.59 Å². The molecule has 0 bridgehead atoms. The van der Waals surface area contributed by atoms with Crippen molar-refractivity contribution in [2.45, 2.75) is 174 Å². The van der Waals surface area contributed by atoms with Crippen molar-refractivity contribution < 1.29 is 19.1 Å². The molecular weight excluding hydrogens is 468 g/mol. The molecule has 0 radical (unpaired) electrons. The lowest BCUT2D eigenvalue weighted by Gasteiger charge is -2.16. The Balaban J connectivity index is 3.57. The number of carbonyl (C=O) groups is 2. The summed E-state index contributed by atoms with van der Waals surface area (Å²) in [6.07, 6.45) is 28.1. The molecular formula is C31H60O4S. The molecule has 0 unspecified atom stereocenters. The van der Waals surface area contributed by atoms with Gasteiger partial charge >= 0.3 is 11.9 Å². The van der Waals surface area contributed by atoms with Crippen LogP contribution < -0.4 is 0 Å². The van der Waals surface area contributed by atoms with Crippen molar-refractivity contribution in [2.75, 3.05) is 12.4 Å². The molecule has 0 N–H and O–H groups in total. The minimum Gasteiger partial charge on any atom is -0.462 e. The highest BCUT2D eigenvalue weighted by Gasteiger charge is 2.15. The molecule has 0 rings (SSSR count). The largest absolute Gasteiger partial charge is 0.462 e. The standard InChI is InChI=1S/C31H60O4S/c1-3-5-7-9-11-13-15-17-19-21-23-25-30(32)34-27-29(28-36)35-31(33)26-24-22-20-18-16-14-12-10-8-6-4-2/h29,36H,3-28H2,1-2H3/t29-/m0/s1. The van der Waals surface area contributed by atoms with E-state index >= 15 is 0 Å². The zero-order valence-electron chi connectivity index (χ0n) is 24.0. The predicted octanol–water partition coefficient (Wildman–Crippen LogP) is 9.77. The van der Waals surface area contributed by atoms with E-state index in [1.54, 1.807) is 0 Å². The van der Waals surface area contributed by atoms with Crippen LogP contribution >= 0.6 is 12.6 Å². The van der Waals surface area contributed by atoms with Crippen molar-refractivity contribution in [1.82, 2.24) is 0 Å². The molecule has 5 heteroatoms. The van der Waals surface area contributed by atoms with Crippen LogP contribution in [0.4, 0.5) is 0 Å². The summed E-state index contributed by atoms with van der Waals surface area (Å²) in [6.45, 7) is 4.62. The van der Waals surface area contributed by atoms with Crippen molar-refractivity contribution in [1.29, 1.82) is 0 Å². The molecule has 0 aliphatic rings. The Morgan fingerprint density at radius 1 is 0.528 bits per heavy atom. The topological polar surface area (TPSA) is 52.6 Å². The van der Waals surface area contributed by atoms with Gasteiger partial charge in [0.2, 0.25) is 0 Å². The van der Waals surface area contributed by atoms with Gasteiger partial charge in [0.25, 0.3) is 0 Å². The monoisotopic (exact) mass is 528 g/mol. The highest BCUT2D eigenvalue weighted by Crippen LogP contribution is 2.14. The molecule has 0 fully saturated rings. The summed E-state index contributed by atoms with van der Waals surface area (Å²) < 4.78 is 10.8. The summed E-state index contributed by atoms with van der Waals surface area (Å²) in [5, 5.41) is 0. The van der Waals surface area contributed by atoms with Crippen LogP contribution in [0.5, 0.6) is 0 Å². The second-order valence-electron chi connectivity index (χ2n) is 10.5. The third kappa shape index (κ3) is 26.4. The molecule has 0 aromatic heterocycles. The Morgan fingerprint density at radius 3 is 1.22 bits per heavy atom. The highest BCUT2D eigenvalue weighted by atomic mass is 32.1. The molecule has 0 saturated heterocycles. The van der Waals surface area contributed by atoms with Crippen molar-refractivity contribution in [3.8, 4) is 0 Å². The van der Waals surface area contributed by atoms with Crippen LogP contribution in [0.2, 0.25) is 0 Å². The normalized spacial score (nSPS) is 12.0. The van der Waals surface area contributed by atoms with Gasteiger partial charge in [0.1, 0.15) is 12.7 Å². The third-order valence-corrected chi connectivity index (χ3v) is 7.31. The number of unbranched alkanes of at least 4 members (excludes halogenated alkanes) is 20. The van der Waals surface area contributed by atoms with Crippen LogP contribution in [0, 0.1) is 0 Å². The van der Waals surface area contributed by atoms with E-state index in [0.717, 1.165) is 25.7 Å². The maximum atomic E-state index is 12.1. The average Bonchev–Trinajstić information content (AvgIpc) is 2.88. The zero-order chi connectivity index (χ0) is 26.5. The number of hydrogen-bond donors (Lipinski definition) is 1. The molecule has 0 saturated carbocycles. The van der Waals surface area contributed by atoms with Gasteiger partial charge in [0, 0.05) is 18.6 Å². The first kappa shape index (κ1) is 35.3. The SMILES string of the molecule is CCCCCCCCCCCCCC(=O)OC[C@@H](CS)OC(=O)CCCCCCCCCCCCC. The molecule has 0 amide bonds. The fourth-order valence-corrected chi connectivity index (χ4v) is 4.67. The molecule has 0 spiro atoms. The Morgan fingerprint density at radius 2 is 0.861 bits per heavy atom. The maximum absolute atomic E-state index is 12.1. The van der Waals surface area contributed by atoms with E-state index in [-0.39, 0.29) is 18.5 Å². The fraction of sp³-hybridized carbons (Fsp3) is 0.935. The third-order valence-electron chi connectivity index (χ3n) is 6.90. The second-order valence-corrected chi connectivity index (χ2v) is 10.9. The first-order valence-electron chi connectivity index (χ1n) is 15.6. The molecule has 4 nitrogen and oxygen atoms in total. The molecule has 0 aliphatic heterocycles. The van der Waals surface area contributed by atoms with Crippen LogP contribution in [0.1, 0.15) is 168 Å². The Hall–Kier alpha value is -0.710. The molecule has 36 heavy (non-hydrogen) atoms. The summed E-state index contributed by atoms with van der Waals surface area (Å²) in [5.41, 5.74) is 0. The van der Waals surface area contributed by atoms with E-state index in [2.05, 4.69) is 26.5 Å². The lowest BCUT2D eigenvalue weighted by molar-refractivity contribution is -0.157. The summed E-state index contributed by atoms with van der Waals surface area (Å²) in [7, 11) is 0. The van der Waals surface area contributed by atoms with Crippen LogP contribution in [-0.4, -0.2) is 30.4 Å². The van der Waals surface area contributed by atoms with Gasteiger partial charge in [-0.1, -0.05) is 142 Å². The van der Waals surface area contributed by atoms with Gasteiger partial charge in [-0.25, -0.2) is 0 Å². The zero-order valence-corrected chi connectivity index (χ0v) is 24.9. The lowest BCUT2D eigenvalue weighted by Crippen LogP contribution is -2.26. The van der Waals surface area contributed by atoms with E-state index in [1.807, 2.05) is 0 Å². The number of rotatable bonds is 28. The maximum Gasteiger partial charge on any atom is 0.306 e. The lowest BCUT2D eigenvalue weighted by atomic mass is 10.1. The molecule has 0 aromatic carbocycles. The first-order chi connectivity index (χ1) is 17.6. The summed E-state index contributed by atoms with van der Waals surface area (Å²) in [5.74, 6) is -0.0269. The average molecular weight is 529 g/mol. The molecule has 0 aromatic rings. The second kappa shape index (κ2) is 28.9. The van der Waals surface area contributed by atoms with Crippen LogP contribution in [0.3, 0.4) is 0 Å². The van der Waals surface area contributed by atoms with Crippen LogP contribution in [0.25, 0.3) is 0 Å². The highest BCUT2D eigenvalue weighted by molar-refractivity contribution is 7.80. The van der Waals surface area contributed by atoms with E-state index in [1.165, 1.54) is 116 Å². The fourth-order valence-electron chi connectivity index (χ4n) is 4.49. The van der Waals surface area contributed by atoms with E-state index < -0.39 is 6.10 Å². The van der Waals surface area contributed by atoms with Gasteiger partial charge < -0.3 is 9.47 Å². The number of thiol groups is 1. The summed E-state index contributed by atoms with van der Waals surface area (Å²) >= 11 is 4.26. The smallest absolute Gasteiger partial charge is 0.306 e. The number of hydrogen-bond acceptors (Lipinski definition) is 5. The predicted molar refractivity (Wildman–Crippen MR) is 157 cm³/mol. The molecule has 0 aliphatic carbocycles. The number of ether oxygens (including phenoxy) is 2.